The highest BCUT2D eigenvalue weighted by Gasteiger charge is 2.13. The molecule has 7 heteroatoms. The van der Waals surface area contributed by atoms with Crippen LogP contribution in [-0.2, 0) is 4.79 Å². The number of nitrogens with zero attached hydrogens (tertiary/aromatic N) is 1. The van der Waals surface area contributed by atoms with Crippen LogP contribution in [0.1, 0.15) is 27.6 Å². The average molecular weight is 439 g/mol. The van der Waals surface area contributed by atoms with E-state index in [0.717, 1.165) is 5.69 Å². The number of benzene rings is 3. The molecule has 3 aromatic carbocycles. The number of hydrogen-bond acceptors (Lipinski definition) is 4. The first kappa shape index (κ1) is 21.6. The molecule has 2 N–H and O–H groups in total. The third-order valence-corrected chi connectivity index (χ3v) is 4.81. The lowest BCUT2D eigenvalue weighted by atomic mass is 10.1. The molecule has 0 bridgehead atoms. The van der Waals surface area contributed by atoms with E-state index in [-0.39, 0.29) is 11.7 Å². The van der Waals surface area contributed by atoms with Crippen molar-refractivity contribution in [2.45, 2.75) is 6.92 Å². The van der Waals surface area contributed by atoms with Gasteiger partial charge >= 0.3 is 5.97 Å². The van der Waals surface area contributed by atoms with Crippen molar-refractivity contribution in [3.05, 3.63) is 108 Å². The van der Waals surface area contributed by atoms with Gasteiger partial charge in [-0.05, 0) is 66.7 Å². The fourth-order valence-electron chi connectivity index (χ4n) is 3.25. The molecular weight excluding hydrogens is 418 g/mol. The van der Waals surface area contributed by atoms with Gasteiger partial charge in [0.05, 0.1) is 11.4 Å². The zero-order chi connectivity index (χ0) is 23.2. The average Bonchev–Trinajstić information content (AvgIpc) is 3.35. The molecule has 1 aromatic heterocycles. The van der Waals surface area contributed by atoms with Crippen LogP contribution in [0, 0.1) is 0 Å². The molecule has 0 saturated heterocycles. The molecule has 0 aliphatic carbocycles. The van der Waals surface area contributed by atoms with E-state index >= 15 is 0 Å². The van der Waals surface area contributed by atoms with Crippen molar-refractivity contribution < 1.29 is 19.1 Å². The van der Waals surface area contributed by atoms with Crippen LogP contribution < -0.4 is 15.4 Å². The summed E-state index contributed by atoms with van der Waals surface area (Å²) in [6.07, 6.45) is 3.85. The largest absolute Gasteiger partial charge is 0.427 e. The third kappa shape index (κ3) is 5.34. The second kappa shape index (κ2) is 9.65. The Kier molecular flexibility index (Phi) is 6.31. The second-order valence-corrected chi connectivity index (χ2v) is 7.21. The topological polar surface area (TPSA) is 89.4 Å². The van der Waals surface area contributed by atoms with E-state index in [1.165, 1.54) is 13.0 Å². The van der Waals surface area contributed by atoms with Gasteiger partial charge in [-0.15, -0.1) is 0 Å². The molecular formula is C26H21N3O4. The van der Waals surface area contributed by atoms with Gasteiger partial charge in [-0.3, -0.25) is 14.4 Å². The number of carbonyl (C=O) groups excluding carboxylic acids is 3. The zero-order valence-corrected chi connectivity index (χ0v) is 17.8. The minimum atomic E-state index is -0.470. The molecule has 0 saturated carbocycles. The number of para-hydroxylation sites is 2. The molecule has 33 heavy (non-hydrogen) atoms. The van der Waals surface area contributed by atoms with Crippen LogP contribution in [0.2, 0.25) is 0 Å². The van der Waals surface area contributed by atoms with E-state index in [2.05, 4.69) is 10.6 Å². The molecule has 4 aromatic rings. The van der Waals surface area contributed by atoms with Crippen LogP contribution in [0.5, 0.6) is 5.75 Å². The normalized spacial score (nSPS) is 10.3. The Balaban J connectivity index is 1.48. The number of aromatic nitrogens is 1. The molecule has 0 radical (unpaired) electrons. The fourth-order valence-corrected chi connectivity index (χ4v) is 3.25. The van der Waals surface area contributed by atoms with Gasteiger partial charge in [0, 0.05) is 36.1 Å². The zero-order valence-electron chi connectivity index (χ0n) is 17.8. The molecule has 0 fully saturated rings. The number of ether oxygens (including phenoxy) is 1. The molecule has 0 aliphatic rings. The molecule has 0 spiro atoms. The predicted octanol–water partition coefficient (Wildman–Crippen LogP) is 4.91. The van der Waals surface area contributed by atoms with E-state index in [4.69, 9.17) is 4.74 Å². The number of nitrogens with one attached hydrogen (secondary N) is 2. The summed E-state index contributed by atoms with van der Waals surface area (Å²) in [6.45, 7) is 1.29. The van der Waals surface area contributed by atoms with Crippen molar-refractivity contribution in [2.75, 3.05) is 10.6 Å². The molecule has 0 aliphatic heterocycles. The molecule has 4 rings (SSSR count). The number of carbonyl (C=O) groups is 3. The van der Waals surface area contributed by atoms with Crippen LogP contribution in [0.4, 0.5) is 11.4 Å². The van der Waals surface area contributed by atoms with Gasteiger partial charge in [0.2, 0.25) is 0 Å². The Labute approximate surface area is 190 Å². The molecule has 2 amide bonds. The van der Waals surface area contributed by atoms with Gasteiger partial charge in [-0.1, -0.05) is 18.2 Å². The van der Waals surface area contributed by atoms with Crippen molar-refractivity contribution in [3.8, 4) is 11.4 Å². The summed E-state index contributed by atoms with van der Waals surface area (Å²) in [5, 5.41) is 5.64. The first-order chi connectivity index (χ1) is 16.0. The van der Waals surface area contributed by atoms with Crippen LogP contribution >= 0.6 is 0 Å². The highest BCUT2D eigenvalue weighted by atomic mass is 16.5. The SMILES string of the molecule is CC(=O)Oc1cccc(C(=O)Nc2ccccc2NC(=O)c2ccc(-n3cccc3)cc2)c1. The van der Waals surface area contributed by atoms with E-state index < -0.39 is 11.9 Å². The maximum absolute atomic E-state index is 12.8. The monoisotopic (exact) mass is 439 g/mol. The van der Waals surface area contributed by atoms with Crippen molar-refractivity contribution in [3.63, 3.8) is 0 Å². The van der Waals surface area contributed by atoms with Gasteiger partial charge in [-0.25, -0.2) is 0 Å². The van der Waals surface area contributed by atoms with Crippen molar-refractivity contribution in [2.24, 2.45) is 0 Å². The molecule has 0 unspecified atom stereocenters. The van der Waals surface area contributed by atoms with E-state index in [1.807, 2.05) is 41.2 Å². The number of esters is 1. The number of hydrogen-bond donors (Lipinski definition) is 2. The Morgan fingerprint density at radius 1 is 0.697 bits per heavy atom. The Bertz CT molecular complexity index is 1300. The fraction of sp³-hybridized carbons (Fsp3) is 0.0385. The van der Waals surface area contributed by atoms with Gasteiger partial charge in [0.1, 0.15) is 5.75 Å². The van der Waals surface area contributed by atoms with E-state index in [0.29, 0.717) is 22.5 Å². The number of amides is 2. The minimum absolute atomic E-state index is 0.278. The molecule has 0 atom stereocenters. The minimum Gasteiger partial charge on any atom is -0.427 e. The smallest absolute Gasteiger partial charge is 0.308 e. The summed E-state index contributed by atoms with van der Waals surface area (Å²) in [7, 11) is 0. The van der Waals surface area contributed by atoms with Gasteiger partial charge in [0.25, 0.3) is 11.8 Å². The van der Waals surface area contributed by atoms with Crippen molar-refractivity contribution in [1.82, 2.24) is 4.57 Å². The maximum atomic E-state index is 12.8. The summed E-state index contributed by atoms with van der Waals surface area (Å²) in [6, 6.07) is 24.3. The highest BCUT2D eigenvalue weighted by molar-refractivity contribution is 6.10. The highest BCUT2D eigenvalue weighted by Crippen LogP contribution is 2.23. The lowest BCUT2D eigenvalue weighted by Crippen LogP contribution is -2.17. The van der Waals surface area contributed by atoms with Crippen LogP contribution in [0.15, 0.2) is 97.3 Å². The Hall–Kier alpha value is -4.65. The van der Waals surface area contributed by atoms with Gasteiger partial charge in [0.15, 0.2) is 0 Å². The summed E-state index contributed by atoms with van der Waals surface area (Å²) < 4.78 is 6.98. The summed E-state index contributed by atoms with van der Waals surface area (Å²) >= 11 is 0. The number of anilines is 2. The molecule has 164 valence electrons. The maximum Gasteiger partial charge on any atom is 0.308 e. The lowest BCUT2D eigenvalue weighted by molar-refractivity contribution is -0.131. The van der Waals surface area contributed by atoms with E-state index in [1.54, 1.807) is 54.6 Å². The van der Waals surface area contributed by atoms with Gasteiger partial charge < -0.3 is 19.9 Å². The molecule has 1 heterocycles. The van der Waals surface area contributed by atoms with Crippen LogP contribution in [0.25, 0.3) is 5.69 Å². The lowest BCUT2D eigenvalue weighted by Gasteiger charge is -2.13. The standard InChI is InChI=1S/C26H21N3O4/c1-18(30)33-22-8-6-7-20(17-22)26(32)28-24-10-3-2-9-23(24)27-25(31)19-11-13-21(14-12-19)29-15-4-5-16-29/h2-17H,1H3,(H,27,31)(H,28,32). The summed E-state index contributed by atoms with van der Waals surface area (Å²) in [5.74, 6) is -0.892. The summed E-state index contributed by atoms with van der Waals surface area (Å²) in [4.78, 5) is 36.7. The summed E-state index contributed by atoms with van der Waals surface area (Å²) in [5.41, 5.74) is 2.65. The van der Waals surface area contributed by atoms with E-state index in [9.17, 15) is 14.4 Å². The predicted molar refractivity (Wildman–Crippen MR) is 126 cm³/mol. The second-order valence-electron chi connectivity index (χ2n) is 7.21. The van der Waals surface area contributed by atoms with Crippen LogP contribution in [0.3, 0.4) is 0 Å². The van der Waals surface area contributed by atoms with Crippen LogP contribution in [-0.4, -0.2) is 22.4 Å². The van der Waals surface area contributed by atoms with Crippen molar-refractivity contribution in [1.29, 1.82) is 0 Å². The third-order valence-electron chi connectivity index (χ3n) is 4.81. The Morgan fingerprint density at radius 2 is 1.30 bits per heavy atom. The number of rotatable bonds is 6. The molecule has 7 nitrogen and oxygen atoms in total. The quantitative estimate of drug-likeness (QED) is 0.330. The van der Waals surface area contributed by atoms with Gasteiger partial charge in [-0.2, -0.15) is 0 Å². The van der Waals surface area contributed by atoms with Crippen molar-refractivity contribution >= 4 is 29.2 Å². The first-order valence-corrected chi connectivity index (χ1v) is 10.2. The Morgan fingerprint density at radius 3 is 1.91 bits per heavy atom. The first-order valence-electron chi connectivity index (χ1n) is 10.2.